The van der Waals surface area contributed by atoms with E-state index in [9.17, 15) is 0 Å². The van der Waals surface area contributed by atoms with Crippen LogP contribution in [0.4, 0.5) is 0 Å². The second-order valence-electron chi connectivity index (χ2n) is 2.55. The molecular weight excluding hydrogens is 232 g/mol. The van der Waals surface area contributed by atoms with E-state index in [1.54, 1.807) is 0 Å². The van der Waals surface area contributed by atoms with Crippen LogP contribution in [-0.2, 0) is 0 Å². The standard InChI is InChI=1S/C8H19NOS2.ClH/c1-11-7-4-9(3-6-10)5-8-12-2;/h10H,3-8H2,1-2H3;1H/i3+1,4+1,5+1,6+1,7+1,8+1;. The third-order valence-electron chi connectivity index (χ3n) is 1.64. The van der Waals surface area contributed by atoms with Crippen molar-refractivity contribution in [3.05, 3.63) is 0 Å². The molecule has 0 aliphatic carbocycles. The van der Waals surface area contributed by atoms with Crippen LogP contribution < -0.4 is 0 Å². The molecule has 1 N–H and O–H groups in total. The second kappa shape index (κ2) is 12.9. The maximum absolute atomic E-state index is 8.78. The first kappa shape index (κ1) is 16.3. The number of halogens is 1. The average Bonchev–Trinajstić information content (AvgIpc) is 2.10. The van der Waals surface area contributed by atoms with Gasteiger partial charge >= 0.3 is 0 Å². The Labute approximate surface area is 96.2 Å². The lowest BCUT2D eigenvalue weighted by atomic mass is 11.3. The molecule has 0 rings (SSSR count). The van der Waals surface area contributed by atoms with E-state index < -0.39 is 0 Å². The van der Waals surface area contributed by atoms with Gasteiger partial charge in [-0.05, 0) is 12.5 Å². The van der Waals surface area contributed by atoms with E-state index >= 15 is 0 Å². The van der Waals surface area contributed by atoms with Gasteiger partial charge < -0.3 is 5.11 Å². The fraction of sp³-hybridized carbons (Fsp3) is 1.00. The summed E-state index contributed by atoms with van der Waals surface area (Å²) in [5.74, 6) is 2.32. The van der Waals surface area contributed by atoms with Crippen LogP contribution in [0, 0.1) is 0 Å². The first-order valence-electron chi connectivity index (χ1n) is 4.16. The van der Waals surface area contributed by atoms with Crippen molar-refractivity contribution < 1.29 is 5.11 Å². The van der Waals surface area contributed by atoms with E-state index in [2.05, 4.69) is 17.4 Å². The lowest BCUT2D eigenvalue weighted by molar-refractivity contribution is 0.210. The van der Waals surface area contributed by atoms with Gasteiger partial charge in [0, 0.05) is 31.1 Å². The minimum Gasteiger partial charge on any atom is -0.395 e. The normalized spacial score (nSPS) is 10.2. The number of thioether (sulfide) groups is 2. The SMILES string of the molecule is CS[13CH2][13CH2]N([13CH2][13CH2]O)[13CH2][13CH2]SC.Cl. The quantitative estimate of drug-likeness (QED) is 0.660. The second-order valence-corrected chi connectivity index (χ2v) is 4.52. The zero-order valence-corrected chi connectivity index (χ0v) is 10.8. The summed E-state index contributed by atoms with van der Waals surface area (Å²) in [7, 11) is 0. The Morgan fingerprint density at radius 2 is 1.46 bits per heavy atom. The largest absolute Gasteiger partial charge is 0.395 e. The lowest BCUT2D eigenvalue weighted by Gasteiger charge is -2.19. The van der Waals surface area contributed by atoms with Crippen molar-refractivity contribution in [2.45, 2.75) is 0 Å². The Morgan fingerprint density at radius 3 is 1.77 bits per heavy atom. The molecule has 0 saturated carbocycles. The zero-order valence-electron chi connectivity index (χ0n) is 8.36. The van der Waals surface area contributed by atoms with Crippen molar-refractivity contribution >= 4 is 35.9 Å². The van der Waals surface area contributed by atoms with E-state index in [0.29, 0.717) is 0 Å². The van der Waals surface area contributed by atoms with Gasteiger partial charge in [0.2, 0.25) is 0 Å². The van der Waals surface area contributed by atoms with Crippen molar-refractivity contribution in [1.82, 2.24) is 4.90 Å². The highest BCUT2D eigenvalue weighted by atomic mass is 35.5. The fourth-order valence-corrected chi connectivity index (χ4v) is 1.80. The van der Waals surface area contributed by atoms with Crippen molar-refractivity contribution in [3.8, 4) is 0 Å². The van der Waals surface area contributed by atoms with E-state index in [1.807, 2.05) is 23.5 Å². The molecule has 0 radical (unpaired) electrons. The van der Waals surface area contributed by atoms with Crippen molar-refractivity contribution in [2.24, 2.45) is 0 Å². The van der Waals surface area contributed by atoms with E-state index in [-0.39, 0.29) is 19.0 Å². The van der Waals surface area contributed by atoms with Gasteiger partial charge in [-0.1, -0.05) is 0 Å². The summed E-state index contributed by atoms with van der Waals surface area (Å²) in [6.07, 6.45) is 4.23. The monoisotopic (exact) mass is 251 g/mol. The van der Waals surface area contributed by atoms with Crippen LogP contribution in [0.15, 0.2) is 0 Å². The number of aliphatic hydroxyl groups excluding tert-OH is 1. The van der Waals surface area contributed by atoms with Crippen molar-refractivity contribution in [1.29, 1.82) is 0 Å². The molecule has 0 fully saturated rings. The molecule has 0 aliphatic heterocycles. The Bertz CT molecular complexity index is 90.2. The molecule has 82 valence electrons. The molecule has 13 heavy (non-hydrogen) atoms. The molecule has 5 heteroatoms. The molecule has 0 bridgehead atoms. The first-order valence-corrected chi connectivity index (χ1v) is 6.95. The van der Waals surface area contributed by atoms with Gasteiger partial charge in [0.05, 0.1) is 6.61 Å². The van der Waals surface area contributed by atoms with Gasteiger partial charge in [-0.15, -0.1) is 12.4 Å². The van der Waals surface area contributed by atoms with E-state index in [1.165, 1.54) is 0 Å². The summed E-state index contributed by atoms with van der Waals surface area (Å²) < 4.78 is 0. The van der Waals surface area contributed by atoms with Gasteiger partial charge in [-0.2, -0.15) is 23.5 Å². The minimum atomic E-state index is 0. The number of hydrogen-bond acceptors (Lipinski definition) is 4. The molecule has 0 unspecified atom stereocenters. The van der Waals surface area contributed by atoms with Crippen LogP contribution in [0.25, 0.3) is 0 Å². The molecule has 0 spiro atoms. The summed E-state index contributed by atoms with van der Waals surface area (Å²) in [6, 6.07) is 0. The maximum atomic E-state index is 8.78. The zero-order chi connectivity index (χ0) is 9.23. The molecule has 0 heterocycles. The highest BCUT2D eigenvalue weighted by Crippen LogP contribution is 1.98. The van der Waals surface area contributed by atoms with E-state index in [0.717, 1.165) is 31.1 Å². The third-order valence-corrected chi connectivity index (χ3v) is 2.82. The van der Waals surface area contributed by atoms with Crippen LogP contribution in [0.3, 0.4) is 0 Å². The third kappa shape index (κ3) is 10.8. The molecule has 0 atom stereocenters. The van der Waals surface area contributed by atoms with Gasteiger partial charge in [-0.25, -0.2) is 0 Å². The number of nitrogens with zero attached hydrogens (tertiary/aromatic N) is 1. The Balaban J connectivity index is 0. The average molecular weight is 252 g/mol. The van der Waals surface area contributed by atoms with Gasteiger partial charge in [0.25, 0.3) is 0 Å². The summed E-state index contributed by atoms with van der Waals surface area (Å²) >= 11 is 3.72. The number of aliphatic hydroxyl groups is 1. The van der Waals surface area contributed by atoms with Crippen LogP contribution in [0.2, 0.25) is 0 Å². The predicted octanol–water partition coefficient (Wildman–Crippen LogP) is 1.43. The smallest absolute Gasteiger partial charge is 0.0558 e. The highest BCUT2D eigenvalue weighted by Gasteiger charge is 2.01. The van der Waals surface area contributed by atoms with Crippen molar-refractivity contribution in [3.63, 3.8) is 0 Å². The summed E-state index contributed by atoms with van der Waals surface area (Å²) in [5.41, 5.74) is 0. The highest BCUT2D eigenvalue weighted by molar-refractivity contribution is 7.98. The number of hydrogen-bond donors (Lipinski definition) is 1. The lowest BCUT2D eigenvalue weighted by Crippen LogP contribution is -2.31. The minimum absolute atomic E-state index is 0. The Hall–Kier alpha value is 0.910. The Morgan fingerprint density at radius 1 is 1.00 bits per heavy atom. The predicted molar refractivity (Wildman–Crippen MR) is 67.5 cm³/mol. The fourth-order valence-electron chi connectivity index (χ4n) is 0.918. The molecule has 0 saturated heterocycles. The van der Waals surface area contributed by atoms with Gasteiger partial charge in [0.1, 0.15) is 0 Å². The molecule has 2 nitrogen and oxygen atoms in total. The molecule has 0 aromatic rings. The van der Waals surface area contributed by atoms with Crippen LogP contribution in [0.1, 0.15) is 0 Å². The van der Waals surface area contributed by atoms with Crippen molar-refractivity contribution in [2.75, 3.05) is 50.3 Å². The Kier molecular flexibility index (Phi) is 16.2. The van der Waals surface area contributed by atoms with E-state index in [4.69, 9.17) is 5.11 Å². The van der Waals surface area contributed by atoms with Crippen LogP contribution >= 0.6 is 35.9 Å². The summed E-state index contributed by atoms with van der Waals surface area (Å²) in [4.78, 5) is 2.31. The molecular formula is C8H20ClNOS2. The summed E-state index contributed by atoms with van der Waals surface area (Å²) in [5, 5.41) is 8.78. The molecule has 0 aliphatic rings. The number of rotatable bonds is 8. The van der Waals surface area contributed by atoms with Crippen LogP contribution in [0.5, 0.6) is 0 Å². The van der Waals surface area contributed by atoms with Crippen LogP contribution in [-0.4, -0.2) is 60.3 Å². The van der Waals surface area contributed by atoms with Gasteiger partial charge in [-0.3, -0.25) is 4.90 Å². The summed E-state index contributed by atoms with van der Waals surface area (Å²) in [6.45, 7) is 3.30. The molecule has 0 aromatic heterocycles. The topological polar surface area (TPSA) is 23.5 Å². The first-order chi connectivity index (χ1) is 5.85. The molecule has 0 aromatic carbocycles. The maximum Gasteiger partial charge on any atom is 0.0558 e. The molecule has 0 amide bonds. The van der Waals surface area contributed by atoms with Gasteiger partial charge in [0.15, 0.2) is 0 Å².